The van der Waals surface area contributed by atoms with E-state index in [1.54, 1.807) is 70.7 Å². The van der Waals surface area contributed by atoms with E-state index in [2.05, 4.69) is 13.8 Å². The molecule has 3 aromatic rings. The summed E-state index contributed by atoms with van der Waals surface area (Å²) in [6.07, 6.45) is 1.52. The monoisotopic (exact) mass is 524 g/mol. The highest BCUT2D eigenvalue weighted by atomic mass is 32.1. The molecule has 0 radical (unpaired) electrons. The van der Waals surface area contributed by atoms with Gasteiger partial charge in [-0.3, -0.25) is 9.59 Å². The molecule has 6 nitrogen and oxygen atoms in total. The molecule has 4 rings (SSSR count). The Morgan fingerprint density at radius 1 is 1.14 bits per heavy atom. The van der Waals surface area contributed by atoms with Gasteiger partial charge in [-0.05, 0) is 72.2 Å². The number of fused-ring (bicyclic) bond motifs is 1. The lowest BCUT2D eigenvalue weighted by molar-refractivity contribution is -0.135. The number of ether oxygens (including phenoxy) is 2. The number of amides is 2. The smallest absolute Gasteiger partial charge is 0.254 e. The standard InChI is InChI=1S/C29H33FN2O4S/c1-20(2)12-15-31(29(34)21-8-10-22(35-3)11-9-21)18-28(33)32-16-13-27-23(14-17-37-27)25(32)19-36-26-7-5-4-6-24(26)30/h4-11,14,17,20,25H,12-13,15-16,18-19H2,1-3H3. The van der Waals surface area contributed by atoms with Crippen molar-refractivity contribution in [3.63, 3.8) is 0 Å². The second-order valence-corrected chi connectivity index (χ2v) is 10.5. The van der Waals surface area contributed by atoms with E-state index >= 15 is 0 Å². The predicted molar refractivity (Wildman–Crippen MR) is 143 cm³/mol. The molecule has 0 bridgehead atoms. The van der Waals surface area contributed by atoms with Gasteiger partial charge in [0.15, 0.2) is 11.6 Å². The Balaban J connectivity index is 1.53. The van der Waals surface area contributed by atoms with Gasteiger partial charge in [0.2, 0.25) is 5.91 Å². The zero-order valence-corrected chi connectivity index (χ0v) is 22.3. The molecule has 2 amide bonds. The fourth-order valence-corrected chi connectivity index (χ4v) is 5.37. The molecule has 1 aliphatic heterocycles. The lowest BCUT2D eigenvalue weighted by atomic mass is 10.00. The van der Waals surface area contributed by atoms with Crippen LogP contribution in [0.1, 0.15) is 47.1 Å². The number of nitrogens with zero attached hydrogens (tertiary/aromatic N) is 2. The van der Waals surface area contributed by atoms with Crippen LogP contribution in [-0.4, -0.2) is 55.0 Å². The highest BCUT2D eigenvalue weighted by molar-refractivity contribution is 7.10. The molecule has 196 valence electrons. The fourth-order valence-electron chi connectivity index (χ4n) is 4.44. The molecule has 0 saturated heterocycles. The van der Waals surface area contributed by atoms with Crippen LogP contribution in [0.15, 0.2) is 60.0 Å². The summed E-state index contributed by atoms with van der Waals surface area (Å²) >= 11 is 1.66. The maximum Gasteiger partial charge on any atom is 0.254 e. The van der Waals surface area contributed by atoms with Gasteiger partial charge in [0.1, 0.15) is 18.9 Å². The molecule has 0 fully saturated rings. The Bertz CT molecular complexity index is 1210. The molecule has 0 N–H and O–H groups in total. The molecule has 1 unspecified atom stereocenters. The summed E-state index contributed by atoms with van der Waals surface area (Å²) in [7, 11) is 1.58. The molecule has 2 aromatic carbocycles. The second kappa shape index (κ2) is 12.2. The first-order valence-electron chi connectivity index (χ1n) is 12.5. The van der Waals surface area contributed by atoms with Gasteiger partial charge in [-0.1, -0.05) is 26.0 Å². The quantitative estimate of drug-likeness (QED) is 0.347. The summed E-state index contributed by atoms with van der Waals surface area (Å²) < 4.78 is 25.3. The maximum atomic E-state index is 14.2. The van der Waals surface area contributed by atoms with Crippen LogP contribution >= 0.6 is 11.3 Å². The summed E-state index contributed by atoms with van der Waals surface area (Å²) in [5.41, 5.74) is 1.53. The van der Waals surface area contributed by atoms with E-state index in [0.29, 0.717) is 30.3 Å². The zero-order valence-electron chi connectivity index (χ0n) is 21.5. The number of rotatable bonds is 10. The molecule has 0 spiro atoms. The van der Waals surface area contributed by atoms with Crippen molar-refractivity contribution in [2.45, 2.75) is 32.7 Å². The Morgan fingerprint density at radius 2 is 1.89 bits per heavy atom. The van der Waals surface area contributed by atoms with Crippen LogP contribution in [0.2, 0.25) is 0 Å². The van der Waals surface area contributed by atoms with E-state index in [0.717, 1.165) is 18.4 Å². The van der Waals surface area contributed by atoms with E-state index in [9.17, 15) is 14.0 Å². The van der Waals surface area contributed by atoms with E-state index in [1.807, 2.05) is 11.4 Å². The first-order valence-corrected chi connectivity index (χ1v) is 13.4. The third-order valence-electron chi connectivity index (χ3n) is 6.58. The lowest BCUT2D eigenvalue weighted by Crippen LogP contribution is -2.48. The molecule has 37 heavy (non-hydrogen) atoms. The summed E-state index contributed by atoms with van der Waals surface area (Å²) in [5, 5.41) is 2.01. The van der Waals surface area contributed by atoms with Crippen molar-refractivity contribution >= 4 is 23.2 Å². The molecule has 1 aliphatic rings. The van der Waals surface area contributed by atoms with Gasteiger partial charge >= 0.3 is 0 Å². The normalized spacial score (nSPS) is 14.8. The van der Waals surface area contributed by atoms with Gasteiger partial charge < -0.3 is 19.3 Å². The van der Waals surface area contributed by atoms with Crippen LogP contribution < -0.4 is 9.47 Å². The van der Waals surface area contributed by atoms with Crippen molar-refractivity contribution in [3.8, 4) is 11.5 Å². The molecular weight excluding hydrogens is 491 g/mol. The second-order valence-electron chi connectivity index (χ2n) is 9.53. The number of thiophene rings is 1. The number of para-hydroxylation sites is 1. The minimum Gasteiger partial charge on any atom is -0.497 e. The predicted octanol–water partition coefficient (Wildman–Crippen LogP) is 5.59. The Labute approximate surface area is 221 Å². The van der Waals surface area contributed by atoms with E-state index in [-0.39, 0.29) is 36.8 Å². The van der Waals surface area contributed by atoms with Crippen molar-refractivity contribution in [1.29, 1.82) is 0 Å². The third kappa shape index (κ3) is 6.49. The van der Waals surface area contributed by atoms with Crippen LogP contribution in [0.25, 0.3) is 0 Å². The minimum atomic E-state index is -0.438. The highest BCUT2D eigenvalue weighted by Gasteiger charge is 2.34. The molecule has 2 heterocycles. The number of carbonyl (C=O) groups excluding carboxylic acids is 2. The Hall–Kier alpha value is -3.39. The number of hydrogen-bond donors (Lipinski definition) is 0. The van der Waals surface area contributed by atoms with Crippen molar-refractivity contribution in [2.24, 2.45) is 5.92 Å². The van der Waals surface area contributed by atoms with Crippen LogP contribution in [0.5, 0.6) is 11.5 Å². The largest absolute Gasteiger partial charge is 0.497 e. The number of hydrogen-bond acceptors (Lipinski definition) is 5. The average Bonchev–Trinajstić information content (AvgIpc) is 3.39. The number of methoxy groups -OCH3 is 1. The Morgan fingerprint density at radius 3 is 2.59 bits per heavy atom. The van der Waals surface area contributed by atoms with Gasteiger partial charge in [0.05, 0.1) is 13.2 Å². The SMILES string of the molecule is COc1ccc(C(=O)N(CCC(C)C)CC(=O)N2CCc3sccc3C2COc2ccccc2F)cc1. The summed E-state index contributed by atoms with van der Waals surface area (Å²) in [6, 6.07) is 14.8. The summed E-state index contributed by atoms with van der Waals surface area (Å²) in [6.45, 7) is 5.28. The first-order chi connectivity index (χ1) is 17.9. The van der Waals surface area contributed by atoms with E-state index < -0.39 is 5.82 Å². The summed E-state index contributed by atoms with van der Waals surface area (Å²) in [5.74, 6) is 0.427. The number of halogens is 1. The zero-order chi connectivity index (χ0) is 26.4. The molecule has 8 heteroatoms. The number of carbonyl (C=O) groups is 2. The maximum absolute atomic E-state index is 14.2. The van der Waals surface area contributed by atoms with Crippen LogP contribution in [0.4, 0.5) is 4.39 Å². The van der Waals surface area contributed by atoms with Gasteiger partial charge in [0.25, 0.3) is 5.91 Å². The fraction of sp³-hybridized carbons (Fsp3) is 0.379. The average molecular weight is 525 g/mol. The Kier molecular flexibility index (Phi) is 8.82. The molecule has 1 aromatic heterocycles. The van der Waals surface area contributed by atoms with Gasteiger partial charge in [-0.2, -0.15) is 0 Å². The van der Waals surface area contributed by atoms with E-state index in [1.165, 1.54) is 10.9 Å². The van der Waals surface area contributed by atoms with Crippen molar-refractivity contribution in [1.82, 2.24) is 9.80 Å². The highest BCUT2D eigenvalue weighted by Crippen LogP contribution is 2.34. The van der Waals surface area contributed by atoms with Crippen LogP contribution in [-0.2, 0) is 11.2 Å². The topological polar surface area (TPSA) is 59.1 Å². The molecule has 1 atom stereocenters. The van der Waals surface area contributed by atoms with E-state index in [4.69, 9.17) is 9.47 Å². The van der Waals surface area contributed by atoms with Gasteiger partial charge in [0, 0.05) is 23.5 Å². The van der Waals surface area contributed by atoms with Gasteiger partial charge in [-0.25, -0.2) is 4.39 Å². The van der Waals surface area contributed by atoms with Crippen molar-refractivity contribution in [2.75, 3.05) is 33.4 Å². The van der Waals surface area contributed by atoms with Crippen LogP contribution in [0, 0.1) is 11.7 Å². The van der Waals surface area contributed by atoms with Crippen LogP contribution in [0.3, 0.4) is 0 Å². The first kappa shape index (κ1) is 26.7. The molecule has 0 saturated carbocycles. The van der Waals surface area contributed by atoms with Gasteiger partial charge in [-0.15, -0.1) is 11.3 Å². The molecule has 0 aliphatic carbocycles. The number of benzene rings is 2. The summed E-state index contributed by atoms with van der Waals surface area (Å²) in [4.78, 5) is 31.7. The van der Waals surface area contributed by atoms with Crippen molar-refractivity contribution in [3.05, 3.63) is 81.8 Å². The minimum absolute atomic E-state index is 0.0345. The molecular formula is C29H33FN2O4S. The van der Waals surface area contributed by atoms with Crippen molar-refractivity contribution < 1.29 is 23.5 Å². The third-order valence-corrected chi connectivity index (χ3v) is 7.57. The lowest BCUT2D eigenvalue weighted by Gasteiger charge is -2.37.